The molecule has 0 aliphatic rings. The van der Waals surface area contributed by atoms with Gasteiger partial charge in [0.2, 0.25) is 5.96 Å². The second kappa shape index (κ2) is 7.97. The van der Waals surface area contributed by atoms with E-state index in [1.54, 1.807) is 30.5 Å². The summed E-state index contributed by atoms with van der Waals surface area (Å²) in [6.07, 6.45) is 1.55. The maximum Gasteiger partial charge on any atom is 0.337 e. The lowest BCUT2D eigenvalue weighted by atomic mass is 10.3. The first-order valence-corrected chi connectivity index (χ1v) is 7.55. The zero-order valence-electron chi connectivity index (χ0n) is 12.8. The van der Waals surface area contributed by atoms with Gasteiger partial charge in [0.25, 0.3) is 0 Å². The molecule has 0 bridgehead atoms. The molecule has 0 saturated heterocycles. The highest BCUT2D eigenvalue weighted by atomic mass is 32.2. The largest absolute Gasteiger partial charge is 0.465 e. The minimum atomic E-state index is -0.414. The van der Waals surface area contributed by atoms with Crippen LogP contribution >= 0.6 is 11.8 Å². The van der Waals surface area contributed by atoms with Gasteiger partial charge in [0, 0.05) is 11.1 Å². The molecule has 6 N–H and O–H groups in total. The molecule has 0 unspecified atom stereocenters. The number of aliphatic imine (C=N–C) groups is 2. The van der Waals surface area contributed by atoms with Crippen LogP contribution in [0.1, 0.15) is 10.4 Å². The fraction of sp³-hybridized carbons (Fsp3) is 0.0667. The third-order valence-corrected chi connectivity index (χ3v) is 3.61. The van der Waals surface area contributed by atoms with Gasteiger partial charge in [-0.3, -0.25) is 0 Å². The number of esters is 1. The van der Waals surface area contributed by atoms with Crippen LogP contribution in [0.15, 0.2) is 62.5 Å². The standard InChI is InChI=1S/C15H16N6O2S/c1-23-13(22)9-5-6-19-12(7-9)24-11-4-2-3-10(8-11)20-15(18)21-14(16)17/h2-8H,1H3,(H6,16,17,18,20,21). The lowest BCUT2D eigenvalue weighted by Crippen LogP contribution is -2.26. The number of carbonyl (C=O) groups is 1. The highest BCUT2D eigenvalue weighted by molar-refractivity contribution is 7.99. The lowest BCUT2D eigenvalue weighted by Gasteiger charge is -2.04. The van der Waals surface area contributed by atoms with E-state index in [1.807, 2.05) is 12.1 Å². The minimum Gasteiger partial charge on any atom is -0.465 e. The molecule has 1 aromatic carbocycles. The summed E-state index contributed by atoms with van der Waals surface area (Å²) >= 11 is 1.37. The predicted octanol–water partition coefficient (Wildman–Crippen LogP) is 1.24. The van der Waals surface area contributed by atoms with Crippen molar-refractivity contribution in [1.29, 1.82) is 0 Å². The molecule has 0 atom stereocenters. The average Bonchev–Trinajstić information content (AvgIpc) is 2.53. The Labute approximate surface area is 142 Å². The van der Waals surface area contributed by atoms with Crippen molar-refractivity contribution in [1.82, 2.24) is 4.98 Å². The van der Waals surface area contributed by atoms with E-state index >= 15 is 0 Å². The summed E-state index contributed by atoms with van der Waals surface area (Å²) < 4.78 is 4.70. The Balaban J connectivity index is 2.21. The molecule has 0 saturated carbocycles. The lowest BCUT2D eigenvalue weighted by molar-refractivity contribution is 0.0600. The Kier molecular flexibility index (Phi) is 5.74. The molecule has 8 nitrogen and oxygen atoms in total. The Bertz CT molecular complexity index is 802. The molecule has 0 fully saturated rings. The van der Waals surface area contributed by atoms with Gasteiger partial charge in [-0.25, -0.2) is 14.8 Å². The number of guanidine groups is 2. The monoisotopic (exact) mass is 344 g/mol. The number of nitrogens with two attached hydrogens (primary N) is 3. The number of pyridine rings is 1. The van der Waals surface area contributed by atoms with Crippen LogP contribution in [-0.4, -0.2) is 30.0 Å². The van der Waals surface area contributed by atoms with Crippen molar-refractivity contribution < 1.29 is 9.53 Å². The van der Waals surface area contributed by atoms with E-state index in [-0.39, 0.29) is 11.9 Å². The van der Waals surface area contributed by atoms with Crippen molar-refractivity contribution in [2.24, 2.45) is 27.2 Å². The Morgan fingerprint density at radius 3 is 2.71 bits per heavy atom. The number of carbonyl (C=O) groups excluding carboxylic acids is 1. The highest BCUT2D eigenvalue weighted by Crippen LogP contribution is 2.29. The van der Waals surface area contributed by atoms with Crippen LogP contribution in [0, 0.1) is 0 Å². The number of hydrogen-bond acceptors (Lipinski definition) is 5. The summed E-state index contributed by atoms with van der Waals surface area (Å²) in [6.45, 7) is 0. The second-order valence-electron chi connectivity index (χ2n) is 4.48. The summed E-state index contributed by atoms with van der Waals surface area (Å²) in [5.41, 5.74) is 17.1. The van der Waals surface area contributed by atoms with Gasteiger partial charge in [0.1, 0.15) is 5.03 Å². The van der Waals surface area contributed by atoms with Crippen molar-refractivity contribution in [2.75, 3.05) is 7.11 Å². The first-order valence-electron chi connectivity index (χ1n) is 6.74. The molecule has 0 spiro atoms. The molecule has 0 amide bonds. The molecule has 0 aliphatic carbocycles. The number of rotatable bonds is 4. The summed E-state index contributed by atoms with van der Waals surface area (Å²) in [5, 5.41) is 0.649. The van der Waals surface area contributed by atoms with Gasteiger partial charge >= 0.3 is 5.97 Å². The zero-order valence-corrected chi connectivity index (χ0v) is 13.7. The van der Waals surface area contributed by atoms with Crippen LogP contribution in [0.4, 0.5) is 5.69 Å². The van der Waals surface area contributed by atoms with E-state index in [1.165, 1.54) is 18.9 Å². The third-order valence-electron chi connectivity index (χ3n) is 2.68. The van der Waals surface area contributed by atoms with Gasteiger partial charge < -0.3 is 21.9 Å². The normalized spacial score (nSPS) is 11.0. The topological polar surface area (TPSA) is 142 Å². The fourth-order valence-corrected chi connectivity index (χ4v) is 2.60. The third kappa shape index (κ3) is 4.99. The van der Waals surface area contributed by atoms with Gasteiger partial charge in [-0.05, 0) is 30.3 Å². The van der Waals surface area contributed by atoms with E-state index in [0.717, 1.165) is 4.90 Å². The average molecular weight is 344 g/mol. The van der Waals surface area contributed by atoms with Gasteiger partial charge in [-0.1, -0.05) is 17.8 Å². The van der Waals surface area contributed by atoms with Crippen LogP contribution in [0.25, 0.3) is 0 Å². The number of benzene rings is 1. The maximum absolute atomic E-state index is 11.6. The Morgan fingerprint density at radius 2 is 2.00 bits per heavy atom. The fourth-order valence-electron chi connectivity index (χ4n) is 1.74. The summed E-state index contributed by atoms with van der Waals surface area (Å²) in [7, 11) is 1.33. The maximum atomic E-state index is 11.6. The van der Waals surface area contributed by atoms with Crippen LogP contribution in [0.3, 0.4) is 0 Å². The number of aromatic nitrogens is 1. The van der Waals surface area contributed by atoms with E-state index in [4.69, 9.17) is 21.9 Å². The van der Waals surface area contributed by atoms with Gasteiger partial charge in [-0.15, -0.1) is 0 Å². The summed E-state index contributed by atoms with van der Waals surface area (Å²) in [4.78, 5) is 24.4. The molecule has 9 heteroatoms. The zero-order chi connectivity index (χ0) is 17.5. The van der Waals surface area contributed by atoms with E-state index in [9.17, 15) is 4.79 Å². The van der Waals surface area contributed by atoms with E-state index in [0.29, 0.717) is 16.3 Å². The van der Waals surface area contributed by atoms with Crippen molar-refractivity contribution in [3.8, 4) is 0 Å². The van der Waals surface area contributed by atoms with Crippen molar-refractivity contribution in [3.05, 3.63) is 48.2 Å². The molecular weight excluding hydrogens is 328 g/mol. The molecule has 2 rings (SSSR count). The quantitative estimate of drug-likeness (QED) is 0.430. The number of methoxy groups -OCH3 is 1. The molecule has 0 radical (unpaired) electrons. The van der Waals surface area contributed by atoms with E-state index in [2.05, 4.69) is 15.0 Å². The van der Waals surface area contributed by atoms with Gasteiger partial charge in [0.15, 0.2) is 5.96 Å². The molecular formula is C15H16N6O2S. The molecule has 2 aromatic rings. The van der Waals surface area contributed by atoms with Crippen LogP contribution < -0.4 is 17.2 Å². The van der Waals surface area contributed by atoms with Crippen LogP contribution in [-0.2, 0) is 4.74 Å². The number of nitrogens with zero attached hydrogens (tertiary/aromatic N) is 3. The summed E-state index contributed by atoms with van der Waals surface area (Å²) in [6, 6.07) is 10.5. The molecule has 24 heavy (non-hydrogen) atoms. The van der Waals surface area contributed by atoms with Crippen LogP contribution in [0.2, 0.25) is 0 Å². The SMILES string of the molecule is COC(=O)c1ccnc(Sc2cccc(N=C(N)N=C(N)N)c2)c1. The first-order chi connectivity index (χ1) is 11.5. The van der Waals surface area contributed by atoms with Gasteiger partial charge in [-0.2, -0.15) is 4.99 Å². The smallest absolute Gasteiger partial charge is 0.337 e. The van der Waals surface area contributed by atoms with Gasteiger partial charge in [0.05, 0.1) is 18.4 Å². The van der Waals surface area contributed by atoms with Crippen LogP contribution in [0.5, 0.6) is 0 Å². The second-order valence-corrected chi connectivity index (χ2v) is 5.57. The Morgan fingerprint density at radius 1 is 1.21 bits per heavy atom. The van der Waals surface area contributed by atoms with Crippen molar-refractivity contribution in [2.45, 2.75) is 9.92 Å². The predicted molar refractivity (Wildman–Crippen MR) is 93.2 cm³/mol. The van der Waals surface area contributed by atoms with Crippen molar-refractivity contribution in [3.63, 3.8) is 0 Å². The summed E-state index contributed by atoms with van der Waals surface area (Å²) in [5.74, 6) is -0.615. The Hall–Kier alpha value is -3.07. The molecule has 124 valence electrons. The number of ether oxygens (including phenoxy) is 1. The molecule has 1 aromatic heterocycles. The van der Waals surface area contributed by atoms with Crippen molar-refractivity contribution >= 4 is 35.3 Å². The minimum absolute atomic E-state index is 0.0389. The number of hydrogen-bond donors (Lipinski definition) is 3. The molecule has 0 aliphatic heterocycles. The van der Waals surface area contributed by atoms with E-state index < -0.39 is 5.97 Å². The molecule has 1 heterocycles. The first kappa shape index (κ1) is 17.3. The highest BCUT2D eigenvalue weighted by Gasteiger charge is 2.08.